The van der Waals surface area contributed by atoms with Crippen molar-refractivity contribution in [3.8, 4) is 0 Å². The molecule has 3 aromatic rings. The van der Waals surface area contributed by atoms with E-state index in [2.05, 4.69) is 25.7 Å². The van der Waals surface area contributed by atoms with Gasteiger partial charge in [-0.3, -0.25) is 9.48 Å². The Morgan fingerprint density at radius 1 is 1.21 bits per heavy atom. The number of amides is 3. The first-order valence-electron chi connectivity index (χ1n) is 14.0. The average Bonchev–Trinajstić information content (AvgIpc) is 3.44. The number of halogens is 5. The highest BCUT2D eigenvalue weighted by Gasteiger charge is 2.49. The zero-order valence-electron chi connectivity index (χ0n) is 24.1. The van der Waals surface area contributed by atoms with Gasteiger partial charge in [-0.25, -0.2) is 18.6 Å². The van der Waals surface area contributed by atoms with E-state index in [1.807, 2.05) is 13.8 Å². The van der Waals surface area contributed by atoms with E-state index in [0.29, 0.717) is 16.6 Å². The number of hydrogen-bond donors (Lipinski definition) is 3. The number of carbonyl (C=O) groups excluding carboxylic acids is 2. The Labute approximate surface area is 244 Å². The Morgan fingerprint density at radius 3 is 2.58 bits per heavy atom. The molecule has 2 aliphatic rings. The number of rotatable bonds is 10. The van der Waals surface area contributed by atoms with Gasteiger partial charge in [-0.1, -0.05) is 6.07 Å². The summed E-state index contributed by atoms with van der Waals surface area (Å²) in [5.74, 6) is -3.52. The Bertz CT molecular complexity index is 1500. The van der Waals surface area contributed by atoms with E-state index in [4.69, 9.17) is 4.74 Å². The van der Waals surface area contributed by atoms with Crippen LogP contribution in [0, 0.1) is 5.92 Å². The average molecular weight is 612 g/mol. The fraction of sp³-hybridized carbons (Fsp3) is 0.571. The standard InChI is InChI=1S/C28H34F5N7O3/c1-15(2)40-21(9-10-35-40)24(41)38-20(12-43-26(3,4)28(31,32)33)23-36-18-8-7-17(11-19(18)37-23)22(16-5-6-16)39-14-27(29,30)13-34-25(39)42/h7-11,15-16,20,22H,5-6,12-14H2,1-4H3,(H,34,42)(H,36,37)(H,38,41)/t20-,22+/m0/s1. The van der Waals surface area contributed by atoms with Crippen LogP contribution in [0.3, 0.4) is 0 Å². The number of fused-ring (bicyclic) bond motifs is 1. The second-order valence-electron chi connectivity index (χ2n) is 11.9. The number of nitrogens with zero attached hydrogens (tertiary/aromatic N) is 4. The molecule has 2 fully saturated rings. The minimum absolute atomic E-state index is 0.00957. The number of imidazole rings is 1. The minimum atomic E-state index is -4.67. The summed E-state index contributed by atoms with van der Waals surface area (Å²) in [5.41, 5.74) is -0.790. The van der Waals surface area contributed by atoms with Crippen LogP contribution in [0.5, 0.6) is 0 Å². The van der Waals surface area contributed by atoms with E-state index in [-0.39, 0.29) is 23.5 Å². The van der Waals surface area contributed by atoms with Crippen molar-refractivity contribution in [1.29, 1.82) is 0 Å². The van der Waals surface area contributed by atoms with E-state index >= 15 is 0 Å². The molecule has 1 saturated heterocycles. The fourth-order valence-electron chi connectivity index (χ4n) is 5.12. The number of carbonyl (C=O) groups is 2. The number of hydrogen-bond acceptors (Lipinski definition) is 5. The number of ether oxygens (including phenoxy) is 1. The number of aromatic amines is 1. The molecule has 0 radical (unpaired) electrons. The number of aromatic nitrogens is 4. The molecule has 3 amide bonds. The Hall–Kier alpha value is -3.75. The number of alkyl halides is 5. The third-order valence-electron chi connectivity index (χ3n) is 7.75. The van der Waals surface area contributed by atoms with Crippen LogP contribution in [0.4, 0.5) is 26.7 Å². The smallest absolute Gasteiger partial charge is 0.364 e. The molecule has 0 bridgehead atoms. The largest absolute Gasteiger partial charge is 0.416 e. The van der Waals surface area contributed by atoms with Crippen LogP contribution in [0.1, 0.15) is 80.5 Å². The summed E-state index contributed by atoms with van der Waals surface area (Å²) >= 11 is 0. The van der Waals surface area contributed by atoms with Crippen molar-refractivity contribution in [3.05, 3.63) is 47.5 Å². The van der Waals surface area contributed by atoms with Crippen molar-refractivity contribution in [2.24, 2.45) is 5.92 Å². The molecule has 3 N–H and O–H groups in total. The van der Waals surface area contributed by atoms with E-state index in [0.717, 1.165) is 31.6 Å². The van der Waals surface area contributed by atoms with Crippen LogP contribution in [0.15, 0.2) is 30.5 Å². The molecule has 0 spiro atoms. The van der Waals surface area contributed by atoms with Gasteiger partial charge in [-0.15, -0.1) is 0 Å². The first kappa shape index (κ1) is 30.7. The number of H-pyrrole nitrogens is 1. The first-order valence-corrected chi connectivity index (χ1v) is 14.0. The summed E-state index contributed by atoms with van der Waals surface area (Å²) in [6.45, 7) is 3.45. The number of urea groups is 1. The molecule has 1 saturated carbocycles. The first-order chi connectivity index (χ1) is 20.1. The van der Waals surface area contributed by atoms with Gasteiger partial charge >= 0.3 is 12.2 Å². The van der Waals surface area contributed by atoms with Gasteiger partial charge in [0, 0.05) is 12.2 Å². The predicted molar refractivity (Wildman–Crippen MR) is 146 cm³/mol. The van der Waals surface area contributed by atoms with E-state index in [9.17, 15) is 31.5 Å². The molecule has 3 heterocycles. The molecule has 15 heteroatoms. The quantitative estimate of drug-likeness (QED) is 0.270. The zero-order valence-corrected chi connectivity index (χ0v) is 24.1. The van der Waals surface area contributed by atoms with Crippen molar-refractivity contribution < 1.29 is 36.3 Å². The topological polar surface area (TPSA) is 117 Å². The lowest BCUT2D eigenvalue weighted by Crippen LogP contribution is -2.58. The number of benzene rings is 1. The van der Waals surface area contributed by atoms with Gasteiger partial charge in [0.05, 0.1) is 36.8 Å². The van der Waals surface area contributed by atoms with E-state index in [1.54, 1.807) is 18.2 Å². The van der Waals surface area contributed by atoms with Crippen LogP contribution < -0.4 is 10.6 Å². The summed E-state index contributed by atoms with van der Waals surface area (Å²) in [7, 11) is 0. The molecule has 234 valence electrons. The SMILES string of the molecule is CC(C)n1nccc1C(=O)N[C@@H](COC(C)(C)C(F)(F)F)c1nc2ccc([C@@H](C3CC3)N3CC(F)(F)CNC3=O)cc2[nH]1. The molecule has 1 aromatic carbocycles. The Kier molecular flexibility index (Phi) is 7.90. The molecule has 0 unspecified atom stereocenters. The summed E-state index contributed by atoms with van der Waals surface area (Å²) in [6, 6.07) is 4.11. The second kappa shape index (κ2) is 11.1. The molecule has 1 aliphatic heterocycles. The lowest BCUT2D eigenvalue weighted by molar-refractivity contribution is -0.265. The normalized spacial score (nSPS) is 19.0. The molecular formula is C28H34F5N7O3. The van der Waals surface area contributed by atoms with Crippen molar-refractivity contribution in [1.82, 2.24) is 35.3 Å². The lowest BCUT2D eigenvalue weighted by atomic mass is 9.99. The summed E-state index contributed by atoms with van der Waals surface area (Å²) in [4.78, 5) is 34.6. The van der Waals surface area contributed by atoms with Crippen LogP contribution in [-0.4, -0.2) is 74.0 Å². The van der Waals surface area contributed by atoms with Gasteiger partial charge in [0.15, 0.2) is 5.60 Å². The van der Waals surface area contributed by atoms with E-state index < -0.39 is 61.4 Å². The zero-order chi connectivity index (χ0) is 31.3. The van der Waals surface area contributed by atoms with Gasteiger partial charge in [-0.2, -0.15) is 18.3 Å². The van der Waals surface area contributed by atoms with Gasteiger partial charge in [0.25, 0.3) is 11.8 Å². The van der Waals surface area contributed by atoms with Gasteiger partial charge in [0.1, 0.15) is 17.6 Å². The van der Waals surface area contributed by atoms with Crippen molar-refractivity contribution >= 4 is 23.0 Å². The van der Waals surface area contributed by atoms with Crippen LogP contribution >= 0.6 is 0 Å². The molecule has 5 rings (SSSR count). The number of nitrogens with one attached hydrogen (secondary N) is 3. The molecule has 2 atom stereocenters. The van der Waals surface area contributed by atoms with Crippen LogP contribution in [0.25, 0.3) is 11.0 Å². The Morgan fingerprint density at radius 2 is 1.93 bits per heavy atom. The van der Waals surface area contributed by atoms with Crippen LogP contribution in [-0.2, 0) is 4.74 Å². The Balaban J connectivity index is 1.46. The fourth-order valence-corrected chi connectivity index (χ4v) is 5.12. The summed E-state index contributed by atoms with van der Waals surface area (Å²) < 4.78 is 76.0. The summed E-state index contributed by atoms with van der Waals surface area (Å²) in [6.07, 6.45) is -1.67. The predicted octanol–water partition coefficient (Wildman–Crippen LogP) is 5.28. The summed E-state index contributed by atoms with van der Waals surface area (Å²) in [5, 5.41) is 9.12. The maximum atomic E-state index is 14.2. The third-order valence-corrected chi connectivity index (χ3v) is 7.75. The maximum absolute atomic E-state index is 14.2. The minimum Gasteiger partial charge on any atom is -0.364 e. The van der Waals surface area contributed by atoms with Gasteiger partial charge in [-0.05, 0) is 70.2 Å². The molecular weight excluding hydrogens is 577 g/mol. The molecule has 2 aromatic heterocycles. The maximum Gasteiger partial charge on any atom is 0.416 e. The van der Waals surface area contributed by atoms with Crippen molar-refractivity contribution in [2.75, 3.05) is 19.7 Å². The molecule has 10 nitrogen and oxygen atoms in total. The third kappa shape index (κ3) is 6.45. The second-order valence-corrected chi connectivity index (χ2v) is 11.9. The van der Waals surface area contributed by atoms with Crippen molar-refractivity contribution in [3.63, 3.8) is 0 Å². The highest BCUT2D eigenvalue weighted by atomic mass is 19.4. The molecule has 1 aliphatic carbocycles. The van der Waals surface area contributed by atoms with Crippen molar-refractivity contribution in [2.45, 2.75) is 76.4 Å². The van der Waals surface area contributed by atoms with Crippen LogP contribution in [0.2, 0.25) is 0 Å². The lowest BCUT2D eigenvalue weighted by Gasteiger charge is -2.38. The van der Waals surface area contributed by atoms with E-state index in [1.165, 1.54) is 16.9 Å². The molecule has 43 heavy (non-hydrogen) atoms. The van der Waals surface area contributed by atoms with Gasteiger partial charge < -0.3 is 25.3 Å². The van der Waals surface area contributed by atoms with Gasteiger partial charge in [0.2, 0.25) is 0 Å². The highest BCUT2D eigenvalue weighted by Crippen LogP contribution is 2.46. The highest BCUT2D eigenvalue weighted by molar-refractivity contribution is 5.92. The monoisotopic (exact) mass is 611 g/mol.